The second-order valence-electron chi connectivity index (χ2n) is 6.31. The van der Waals surface area contributed by atoms with E-state index in [1.807, 2.05) is 5.32 Å². The highest BCUT2D eigenvalue weighted by atomic mass is 32.2. The third-order valence-corrected chi connectivity index (χ3v) is 6.30. The van der Waals surface area contributed by atoms with Crippen molar-refractivity contribution >= 4 is 21.6 Å². The van der Waals surface area contributed by atoms with Crippen LogP contribution in [0.2, 0.25) is 0 Å². The summed E-state index contributed by atoms with van der Waals surface area (Å²) in [5.74, 6) is -6.03. The van der Waals surface area contributed by atoms with Crippen LogP contribution in [0.25, 0.3) is 0 Å². The molecule has 0 spiro atoms. The minimum absolute atomic E-state index is 0.248. The van der Waals surface area contributed by atoms with Gasteiger partial charge >= 0.3 is 0 Å². The molecule has 0 radical (unpaired) electrons. The average Bonchev–Trinajstić information content (AvgIpc) is 2.67. The molecule has 0 bridgehead atoms. The maximum atomic E-state index is 14.2. The van der Waals surface area contributed by atoms with E-state index >= 15 is 0 Å². The topological polar surface area (TPSA) is 66.5 Å². The highest BCUT2D eigenvalue weighted by Crippen LogP contribution is 2.25. The zero-order chi connectivity index (χ0) is 20.5. The minimum atomic E-state index is -4.15. The molecule has 0 atom stereocenters. The SMILES string of the molecule is O=C(Nc1cc(F)c(F)cc1F)c1ccc(F)c(S(=O)(=O)N2CCCCC2)c1. The van der Waals surface area contributed by atoms with Crippen molar-refractivity contribution in [1.82, 2.24) is 4.31 Å². The summed E-state index contributed by atoms with van der Waals surface area (Å²) in [4.78, 5) is 11.6. The van der Waals surface area contributed by atoms with E-state index in [2.05, 4.69) is 0 Å². The average molecular weight is 416 g/mol. The first kappa shape index (κ1) is 20.3. The van der Waals surface area contributed by atoms with Crippen LogP contribution in [0.15, 0.2) is 35.2 Å². The third-order valence-electron chi connectivity index (χ3n) is 4.38. The summed E-state index contributed by atoms with van der Waals surface area (Å²) in [7, 11) is -4.15. The van der Waals surface area contributed by atoms with Crippen molar-refractivity contribution in [2.45, 2.75) is 24.2 Å². The van der Waals surface area contributed by atoms with Crippen molar-refractivity contribution < 1.29 is 30.8 Å². The van der Waals surface area contributed by atoms with Gasteiger partial charge in [0.1, 0.15) is 16.5 Å². The first-order chi connectivity index (χ1) is 13.2. The number of rotatable bonds is 4. The van der Waals surface area contributed by atoms with Crippen LogP contribution in [-0.2, 0) is 10.0 Å². The van der Waals surface area contributed by atoms with Crippen LogP contribution in [0, 0.1) is 23.3 Å². The van der Waals surface area contributed by atoms with Gasteiger partial charge in [-0.2, -0.15) is 4.31 Å². The molecule has 0 aliphatic carbocycles. The number of anilines is 1. The van der Waals surface area contributed by atoms with Gasteiger partial charge in [0.2, 0.25) is 10.0 Å². The largest absolute Gasteiger partial charge is 0.319 e. The van der Waals surface area contributed by atoms with Crippen molar-refractivity contribution in [2.75, 3.05) is 18.4 Å². The number of nitrogens with one attached hydrogen (secondary N) is 1. The number of carbonyl (C=O) groups excluding carboxylic acids is 1. The Morgan fingerprint density at radius 1 is 0.857 bits per heavy atom. The molecule has 1 fully saturated rings. The molecular weight excluding hydrogens is 400 g/mol. The molecule has 150 valence electrons. The van der Waals surface area contributed by atoms with E-state index in [9.17, 15) is 30.8 Å². The summed E-state index contributed by atoms with van der Waals surface area (Å²) >= 11 is 0. The van der Waals surface area contributed by atoms with E-state index < -0.39 is 49.8 Å². The Bertz CT molecular complexity index is 1020. The smallest absolute Gasteiger partial charge is 0.255 e. The molecule has 0 aromatic heterocycles. The molecule has 5 nitrogen and oxygen atoms in total. The Balaban J connectivity index is 1.90. The van der Waals surface area contributed by atoms with Gasteiger partial charge in [0.25, 0.3) is 5.91 Å². The molecule has 3 rings (SSSR count). The summed E-state index contributed by atoms with van der Waals surface area (Å²) in [6, 6.07) is 3.39. The Morgan fingerprint density at radius 3 is 2.18 bits per heavy atom. The molecule has 28 heavy (non-hydrogen) atoms. The highest BCUT2D eigenvalue weighted by molar-refractivity contribution is 7.89. The van der Waals surface area contributed by atoms with Gasteiger partial charge in [0.15, 0.2) is 11.6 Å². The van der Waals surface area contributed by atoms with Gasteiger partial charge in [0.05, 0.1) is 5.69 Å². The van der Waals surface area contributed by atoms with Gasteiger partial charge < -0.3 is 5.32 Å². The van der Waals surface area contributed by atoms with Crippen LogP contribution in [0.3, 0.4) is 0 Å². The minimum Gasteiger partial charge on any atom is -0.319 e. The number of nitrogens with zero attached hydrogens (tertiary/aromatic N) is 1. The lowest BCUT2D eigenvalue weighted by Gasteiger charge is -2.26. The van der Waals surface area contributed by atoms with E-state index in [0.717, 1.165) is 28.9 Å². The van der Waals surface area contributed by atoms with E-state index in [1.54, 1.807) is 0 Å². The third kappa shape index (κ3) is 4.02. The van der Waals surface area contributed by atoms with Crippen molar-refractivity contribution in [3.05, 3.63) is 59.2 Å². The van der Waals surface area contributed by atoms with Crippen LogP contribution in [0.1, 0.15) is 29.6 Å². The number of hydrogen-bond donors (Lipinski definition) is 1. The number of halogens is 4. The quantitative estimate of drug-likeness (QED) is 0.611. The molecule has 1 aliphatic rings. The lowest BCUT2D eigenvalue weighted by atomic mass is 10.2. The fraction of sp³-hybridized carbons (Fsp3) is 0.278. The summed E-state index contributed by atoms with van der Waals surface area (Å²) < 4.78 is 80.6. The predicted molar refractivity (Wildman–Crippen MR) is 93.3 cm³/mol. The lowest BCUT2D eigenvalue weighted by Crippen LogP contribution is -2.36. The Morgan fingerprint density at radius 2 is 1.50 bits per heavy atom. The summed E-state index contributed by atoms with van der Waals surface area (Å²) in [5, 5.41) is 2.02. The van der Waals surface area contributed by atoms with Crippen LogP contribution in [-0.4, -0.2) is 31.7 Å². The van der Waals surface area contributed by atoms with Gasteiger partial charge in [-0.3, -0.25) is 4.79 Å². The number of sulfonamides is 1. The fourth-order valence-corrected chi connectivity index (χ4v) is 4.51. The predicted octanol–water partition coefficient (Wildman–Crippen LogP) is 3.67. The maximum Gasteiger partial charge on any atom is 0.255 e. The maximum absolute atomic E-state index is 14.2. The van der Waals surface area contributed by atoms with Crippen LogP contribution >= 0.6 is 0 Å². The van der Waals surface area contributed by atoms with Gasteiger partial charge in [-0.05, 0) is 31.0 Å². The second-order valence-corrected chi connectivity index (χ2v) is 8.22. The van der Waals surface area contributed by atoms with E-state index in [0.29, 0.717) is 18.9 Å². The standard InChI is InChI=1S/C18H16F4N2O3S/c19-12-5-4-11(8-17(12)28(26,27)24-6-2-1-3-7-24)18(25)23-16-10-14(21)13(20)9-15(16)22/h4-5,8-10H,1-3,6-7H2,(H,23,25). The molecule has 1 amide bonds. The van der Waals surface area contributed by atoms with E-state index in [4.69, 9.17) is 0 Å². The van der Waals surface area contributed by atoms with Crippen molar-refractivity contribution in [3.63, 3.8) is 0 Å². The summed E-state index contributed by atoms with van der Waals surface area (Å²) in [6.07, 6.45) is 2.17. The van der Waals surface area contributed by atoms with E-state index in [1.165, 1.54) is 0 Å². The molecule has 0 saturated carbocycles. The molecule has 10 heteroatoms. The number of hydrogen-bond acceptors (Lipinski definition) is 3. The zero-order valence-electron chi connectivity index (χ0n) is 14.5. The zero-order valence-corrected chi connectivity index (χ0v) is 15.3. The van der Waals surface area contributed by atoms with Gasteiger partial charge in [-0.1, -0.05) is 6.42 Å². The van der Waals surface area contributed by atoms with Crippen LogP contribution in [0.5, 0.6) is 0 Å². The van der Waals surface area contributed by atoms with E-state index in [-0.39, 0.29) is 24.7 Å². The normalized spacial score (nSPS) is 15.4. The summed E-state index contributed by atoms with van der Waals surface area (Å²) in [6.45, 7) is 0.497. The molecule has 1 heterocycles. The number of carbonyl (C=O) groups is 1. The lowest BCUT2D eigenvalue weighted by molar-refractivity contribution is 0.102. The van der Waals surface area contributed by atoms with Crippen molar-refractivity contribution in [1.29, 1.82) is 0 Å². The highest BCUT2D eigenvalue weighted by Gasteiger charge is 2.29. The molecule has 2 aromatic rings. The molecule has 2 aromatic carbocycles. The number of amides is 1. The molecule has 1 saturated heterocycles. The van der Waals surface area contributed by atoms with Crippen LogP contribution in [0.4, 0.5) is 23.2 Å². The van der Waals surface area contributed by atoms with Gasteiger partial charge in [-0.15, -0.1) is 0 Å². The first-order valence-electron chi connectivity index (χ1n) is 8.46. The Kier molecular flexibility index (Phi) is 5.71. The number of piperidine rings is 1. The summed E-state index contributed by atoms with van der Waals surface area (Å²) in [5.41, 5.74) is -0.908. The first-order valence-corrected chi connectivity index (χ1v) is 9.90. The Labute approximate surface area is 159 Å². The van der Waals surface area contributed by atoms with Crippen LogP contribution < -0.4 is 5.32 Å². The second kappa shape index (κ2) is 7.88. The monoisotopic (exact) mass is 416 g/mol. The molecule has 1 aliphatic heterocycles. The van der Waals surface area contributed by atoms with Crippen molar-refractivity contribution in [3.8, 4) is 0 Å². The number of benzene rings is 2. The molecule has 0 unspecified atom stereocenters. The van der Waals surface area contributed by atoms with Gasteiger partial charge in [0, 0.05) is 30.8 Å². The van der Waals surface area contributed by atoms with Gasteiger partial charge in [-0.25, -0.2) is 26.0 Å². The molecule has 1 N–H and O–H groups in total. The van der Waals surface area contributed by atoms with Crippen molar-refractivity contribution in [2.24, 2.45) is 0 Å². The fourth-order valence-electron chi connectivity index (χ4n) is 2.90. The Hall–Kier alpha value is -2.46. The molecular formula is C18H16F4N2O3S.